The predicted molar refractivity (Wildman–Crippen MR) is 112 cm³/mol. The lowest BCUT2D eigenvalue weighted by atomic mass is 9.94. The van der Waals surface area contributed by atoms with Crippen LogP contribution in [0.4, 0.5) is 5.69 Å². The second-order valence-electron chi connectivity index (χ2n) is 8.55. The van der Waals surface area contributed by atoms with E-state index in [1.807, 2.05) is 51.1 Å². The molecule has 29 heavy (non-hydrogen) atoms. The van der Waals surface area contributed by atoms with E-state index in [0.717, 1.165) is 5.69 Å². The van der Waals surface area contributed by atoms with Gasteiger partial charge in [-0.3, -0.25) is 14.4 Å². The molecule has 2 N–H and O–H groups in total. The van der Waals surface area contributed by atoms with Gasteiger partial charge >= 0.3 is 0 Å². The van der Waals surface area contributed by atoms with Crippen molar-refractivity contribution in [2.24, 2.45) is 5.92 Å². The van der Waals surface area contributed by atoms with Crippen molar-refractivity contribution in [3.05, 3.63) is 57.8 Å². The number of aromatic nitrogens is 2. The number of hydrogen-bond acceptors (Lipinski definition) is 4. The second-order valence-corrected chi connectivity index (χ2v) is 8.55. The maximum absolute atomic E-state index is 12.9. The van der Waals surface area contributed by atoms with Crippen molar-refractivity contribution >= 4 is 17.5 Å². The molecule has 1 saturated heterocycles. The van der Waals surface area contributed by atoms with Gasteiger partial charge in [-0.25, -0.2) is 4.98 Å². The van der Waals surface area contributed by atoms with Crippen molar-refractivity contribution in [3.63, 3.8) is 0 Å². The molecule has 0 atom stereocenters. The number of hydrogen-bond donors (Lipinski definition) is 2. The Labute approximate surface area is 170 Å². The lowest BCUT2D eigenvalue weighted by molar-refractivity contribution is -0.121. The van der Waals surface area contributed by atoms with Crippen LogP contribution in [0, 0.1) is 12.8 Å². The molecule has 0 spiro atoms. The number of likely N-dealkylation sites (tertiary alicyclic amines) is 1. The number of aromatic amines is 1. The molecule has 7 heteroatoms. The maximum atomic E-state index is 12.9. The Hall–Kier alpha value is -2.96. The predicted octanol–water partition coefficient (Wildman–Crippen LogP) is 2.87. The van der Waals surface area contributed by atoms with Crippen LogP contribution in [0.25, 0.3) is 0 Å². The van der Waals surface area contributed by atoms with E-state index in [-0.39, 0.29) is 28.7 Å². The molecule has 2 heterocycles. The third-order valence-electron chi connectivity index (χ3n) is 5.22. The van der Waals surface area contributed by atoms with Gasteiger partial charge in [-0.1, -0.05) is 39.0 Å². The highest BCUT2D eigenvalue weighted by Crippen LogP contribution is 2.22. The van der Waals surface area contributed by atoms with Crippen LogP contribution < -0.4 is 10.9 Å². The van der Waals surface area contributed by atoms with Crippen molar-refractivity contribution in [1.82, 2.24) is 14.9 Å². The molecule has 2 aromatic rings. The van der Waals surface area contributed by atoms with Gasteiger partial charge in [0, 0.05) is 30.1 Å². The summed E-state index contributed by atoms with van der Waals surface area (Å²) in [6.45, 7) is 8.43. The minimum Gasteiger partial charge on any atom is -0.338 e. The summed E-state index contributed by atoms with van der Waals surface area (Å²) in [6, 6.07) is 9.33. The highest BCUT2D eigenvalue weighted by molar-refractivity contribution is 5.95. The number of benzene rings is 1. The Balaban J connectivity index is 1.66. The molecule has 1 aliphatic heterocycles. The van der Waals surface area contributed by atoms with E-state index in [0.29, 0.717) is 37.4 Å². The normalized spacial score (nSPS) is 15.2. The van der Waals surface area contributed by atoms with Crippen LogP contribution in [0.15, 0.2) is 35.1 Å². The summed E-state index contributed by atoms with van der Waals surface area (Å²) in [5.41, 5.74) is 0.577. The number of anilines is 1. The maximum Gasteiger partial charge on any atom is 0.264 e. The molecule has 3 rings (SSSR count). The number of rotatable bonds is 3. The number of piperidine rings is 1. The van der Waals surface area contributed by atoms with E-state index in [2.05, 4.69) is 15.3 Å². The molecule has 154 valence electrons. The number of nitrogens with zero attached hydrogens (tertiary/aromatic N) is 2. The van der Waals surface area contributed by atoms with Gasteiger partial charge < -0.3 is 15.2 Å². The average molecular weight is 396 g/mol. The topological polar surface area (TPSA) is 95.2 Å². The van der Waals surface area contributed by atoms with Crippen molar-refractivity contribution in [2.45, 2.75) is 46.0 Å². The monoisotopic (exact) mass is 396 g/mol. The van der Waals surface area contributed by atoms with Crippen LogP contribution >= 0.6 is 0 Å². The fourth-order valence-corrected chi connectivity index (χ4v) is 3.46. The lowest BCUT2D eigenvalue weighted by Gasteiger charge is -2.31. The Morgan fingerprint density at radius 3 is 2.31 bits per heavy atom. The third-order valence-corrected chi connectivity index (χ3v) is 5.22. The fourth-order valence-electron chi connectivity index (χ4n) is 3.46. The molecule has 0 bridgehead atoms. The van der Waals surface area contributed by atoms with E-state index in [1.165, 1.54) is 0 Å². The van der Waals surface area contributed by atoms with E-state index in [1.54, 1.807) is 11.8 Å². The Morgan fingerprint density at radius 2 is 1.76 bits per heavy atom. The van der Waals surface area contributed by atoms with Crippen LogP contribution in [0.3, 0.4) is 0 Å². The van der Waals surface area contributed by atoms with Gasteiger partial charge in [-0.15, -0.1) is 0 Å². The first kappa shape index (κ1) is 20.8. The molecule has 1 aliphatic rings. The SMILES string of the molecule is Cc1nc(C(C)(C)C)[nH]c(=O)c1C(=O)N1CCC(C(=O)Nc2ccccc2)CC1. The van der Waals surface area contributed by atoms with Gasteiger partial charge in [0.05, 0.1) is 5.69 Å². The molecule has 7 nitrogen and oxygen atoms in total. The molecule has 0 unspecified atom stereocenters. The van der Waals surface area contributed by atoms with Gasteiger partial charge in [-0.2, -0.15) is 0 Å². The summed E-state index contributed by atoms with van der Waals surface area (Å²) in [6.07, 6.45) is 1.13. The first-order valence-corrected chi connectivity index (χ1v) is 9.93. The Kier molecular flexibility index (Phi) is 5.86. The standard InChI is InChI=1S/C22H28N4O3/c1-14-17(19(28)25-21(23-14)22(2,3)4)20(29)26-12-10-15(11-13-26)18(27)24-16-8-6-5-7-9-16/h5-9,15H,10-13H2,1-4H3,(H,24,27)(H,23,25,28). The number of aryl methyl sites for hydroxylation is 1. The summed E-state index contributed by atoms with van der Waals surface area (Å²) in [5.74, 6) is 0.0556. The van der Waals surface area contributed by atoms with Crippen molar-refractivity contribution in [2.75, 3.05) is 18.4 Å². The van der Waals surface area contributed by atoms with E-state index in [4.69, 9.17) is 0 Å². The smallest absolute Gasteiger partial charge is 0.264 e. The van der Waals surface area contributed by atoms with Gasteiger partial charge in [0.2, 0.25) is 5.91 Å². The summed E-state index contributed by atoms with van der Waals surface area (Å²) in [7, 11) is 0. The average Bonchev–Trinajstić information content (AvgIpc) is 2.67. The van der Waals surface area contributed by atoms with E-state index < -0.39 is 5.56 Å². The van der Waals surface area contributed by atoms with Crippen LogP contribution in [0.2, 0.25) is 0 Å². The highest BCUT2D eigenvalue weighted by Gasteiger charge is 2.30. The van der Waals surface area contributed by atoms with Crippen molar-refractivity contribution < 1.29 is 9.59 Å². The minimum absolute atomic E-state index is 0.0338. The number of para-hydroxylation sites is 1. The first-order valence-electron chi connectivity index (χ1n) is 9.93. The van der Waals surface area contributed by atoms with Gasteiger partial charge in [0.25, 0.3) is 11.5 Å². The lowest BCUT2D eigenvalue weighted by Crippen LogP contribution is -2.43. The highest BCUT2D eigenvalue weighted by atomic mass is 16.2. The van der Waals surface area contributed by atoms with E-state index in [9.17, 15) is 14.4 Å². The Morgan fingerprint density at radius 1 is 1.14 bits per heavy atom. The zero-order valence-corrected chi connectivity index (χ0v) is 17.4. The molecule has 0 radical (unpaired) electrons. The molecule has 1 fully saturated rings. The van der Waals surface area contributed by atoms with Crippen molar-refractivity contribution in [3.8, 4) is 0 Å². The van der Waals surface area contributed by atoms with Crippen LogP contribution in [0.5, 0.6) is 0 Å². The molecule has 2 amide bonds. The number of carbonyl (C=O) groups is 2. The summed E-state index contributed by atoms with van der Waals surface area (Å²) >= 11 is 0. The fraction of sp³-hybridized carbons (Fsp3) is 0.455. The first-order chi connectivity index (χ1) is 13.7. The largest absolute Gasteiger partial charge is 0.338 e. The van der Waals surface area contributed by atoms with Crippen LogP contribution in [-0.2, 0) is 10.2 Å². The van der Waals surface area contributed by atoms with E-state index >= 15 is 0 Å². The molecule has 1 aromatic heterocycles. The summed E-state index contributed by atoms with van der Waals surface area (Å²) < 4.78 is 0. The van der Waals surface area contributed by atoms with Crippen LogP contribution in [0.1, 0.15) is 55.5 Å². The van der Waals surface area contributed by atoms with Gasteiger partial charge in [-0.05, 0) is 31.9 Å². The zero-order chi connectivity index (χ0) is 21.2. The molecular weight excluding hydrogens is 368 g/mol. The second kappa shape index (κ2) is 8.19. The van der Waals surface area contributed by atoms with Crippen LogP contribution in [-0.4, -0.2) is 39.8 Å². The van der Waals surface area contributed by atoms with Gasteiger partial charge in [0.15, 0.2) is 0 Å². The zero-order valence-electron chi connectivity index (χ0n) is 17.4. The molecular formula is C22H28N4O3. The molecule has 0 saturated carbocycles. The number of nitrogens with one attached hydrogen (secondary N) is 2. The van der Waals surface area contributed by atoms with Crippen molar-refractivity contribution in [1.29, 1.82) is 0 Å². The molecule has 0 aliphatic carbocycles. The Bertz CT molecular complexity index is 952. The number of H-pyrrole nitrogens is 1. The number of carbonyl (C=O) groups excluding carboxylic acids is 2. The minimum atomic E-state index is -0.406. The van der Waals surface area contributed by atoms with Gasteiger partial charge in [0.1, 0.15) is 11.4 Å². The summed E-state index contributed by atoms with van der Waals surface area (Å²) in [4.78, 5) is 46.8. The quantitative estimate of drug-likeness (QED) is 0.834. The summed E-state index contributed by atoms with van der Waals surface area (Å²) in [5, 5.41) is 2.92. The third kappa shape index (κ3) is 4.72. The molecule has 1 aromatic carbocycles. The number of amides is 2.